The summed E-state index contributed by atoms with van der Waals surface area (Å²) in [5.41, 5.74) is 2.47. The number of hydrazine groups is 1. The highest BCUT2D eigenvalue weighted by atomic mass is 16.5. The van der Waals surface area contributed by atoms with E-state index in [1.54, 1.807) is 6.07 Å². The fourth-order valence-electron chi connectivity index (χ4n) is 2.09. The van der Waals surface area contributed by atoms with Crippen molar-refractivity contribution < 1.29 is 9.47 Å². The summed E-state index contributed by atoms with van der Waals surface area (Å²) in [5, 5.41) is 0. The van der Waals surface area contributed by atoms with Gasteiger partial charge in [-0.05, 0) is 13.8 Å². The van der Waals surface area contributed by atoms with Gasteiger partial charge in [0.2, 0.25) is 5.88 Å². The molecule has 0 spiro atoms. The third-order valence-electron chi connectivity index (χ3n) is 2.73. The third kappa shape index (κ3) is 3.28. The van der Waals surface area contributed by atoms with Crippen molar-refractivity contribution in [2.45, 2.75) is 45.0 Å². The summed E-state index contributed by atoms with van der Waals surface area (Å²) >= 11 is 0. The molecule has 1 aliphatic heterocycles. The van der Waals surface area contributed by atoms with E-state index in [-0.39, 0.29) is 18.3 Å². The molecule has 0 saturated carbocycles. The van der Waals surface area contributed by atoms with E-state index in [2.05, 4.69) is 29.2 Å². The van der Waals surface area contributed by atoms with Gasteiger partial charge in [-0.2, -0.15) is 0 Å². The van der Waals surface area contributed by atoms with Gasteiger partial charge in [-0.1, -0.05) is 0 Å². The molecule has 2 unspecified atom stereocenters. The van der Waals surface area contributed by atoms with Crippen LogP contribution in [-0.4, -0.2) is 28.3 Å². The Morgan fingerprint density at radius 3 is 2.71 bits per heavy atom. The fourth-order valence-corrected chi connectivity index (χ4v) is 2.09. The van der Waals surface area contributed by atoms with E-state index in [1.165, 1.54) is 6.33 Å². The van der Waals surface area contributed by atoms with Crippen LogP contribution in [0.15, 0.2) is 12.4 Å². The molecule has 17 heavy (non-hydrogen) atoms. The van der Waals surface area contributed by atoms with E-state index >= 15 is 0 Å². The molecule has 0 aromatic carbocycles. The van der Waals surface area contributed by atoms with Crippen LogP contribution in [0, 0.1) is 0 Å². The molecular weight excluding hydrogens is 220 g/mol. The predicted molar refractivity (Wildman–Crippen MR) is 63.5 cm³/mol. The van der Waals surface area contributed by atoms with Crippen LogP contribution in [0.25, 0.3) is 0 Å². The number of nitrogen functional groups attached to an aromatic ring is 1. The topological polar surface area (TPSA) is 82.3 Å². The highest BCUT2D eigenvalue weighted by molar-refractivity contribution is 5.35. The smallest absolute Gasteiger partial charge is 0.218 e. The summed E-state index contributed by atoms with van der Waals surface area (Å²) in [7, 11) is 0. The average molecular weight is 238 g/mol. The second-order valence-electron chi connectivity index (χ2n) is 4.35. The summed E-state index contributed by atoms with van der Waals surface area (Å²) in [6.07, 6.45) is 3.75. The van der Waals surface area contributed by atoms with Gasteiger partial charge in [0.25, 0.3) is 0 Å². The zero-order chi connectivity index (χ0) is 12.3. The Kier molecular flexibility index (Phi) is 3.75. The Labute approximate surface area is 101 Å². The van der Waals surface area contributed by atoms with Crippen molar-refractivity contribution in [3.63, 3.8) is 0 Å². The molecule has 1 aromatic heterocycles. The quantitative estimate of drug-likeness (QED) is 0.606. The van der Waals surface area contributed by atoms with Gasteiger partial charge in [0.15, 0.2) is 0 Å². The number of anilines is 1. The van der Waals surface area contributed by atoms with Crippen LogP contribution in [0.1, 0.15) is 26.7 Å². The zero-order valence-electron chi connectivity index (χ0n) is 10.1. The summed E-state index contributed by atoms with van der Waals surface area (Å²) < 4.78 is 11.5. The van der Waals surface area contributed by atoms with Gasteiger partial charge in [0.1, 0.15) is 18.2 Å². The van der Waals surface area contributed by atoms with E-state index in [4.69, 9.17) is 15.3 Å². The van der Waals surface area contributed by atoms with Gasteiger partial charge in [0, 0.05) is 18.9 Å². The van der Waals surface area contributed by atoms with E-state index in [9.17, 15) is 0 Å². The minimum Gasteiger partial charge on any atom is -0.474 e. The van der Waals surface area contributed by atoms with Crippen molar-refractivity contribution in [1.29, 1.82) is 0 Å². The number of nitrogens with zero attached hydrogens (tertiary/aromatic N) is 2. The Morgan fingerprint density at radius 1 is 1.35 bits per heavy atom. The first-order valence-corrected chi connectivity index (χ1v) is 5.78. The van der Waals surface area contributed by atoms with E-state index < -0.39 is 0 Å². The van der Waals surface area contributed by atoms with Crippen LogP contribution in [0.4, 0.5) is 5.82 Å². The number of hydrogen-bond donors (Lipinski definition) is 2. The lowest BCUT2D eigenvalue weighted by molar-refractivity contribution is -0.0729. The van der Waals surface area contributed by atoms with E-state index in [0.29, 0.717) is 11.7 Å². The summed E-state index contributed by atoms with van der Waals surface area (Å²) in [5.74, 6) is 6.37. The van der Waals surface area contributed by atoms with Crippen LogP contribution in [0.2, 0.25) is 0 Å². The van der Waals surface area contributed by atoms with Gasteiger partial charge < -0.3 is 14.9 Å². The largest absolute Gasteiger partial charge is 0.474 e. The summed E-state index contributed by atoms with van der Waals surface area (Å²) in [6.45, 7) is 4.11. The molecule has 1 saturated heterocycles. The highest BCUT2D eigenvalue weighted by Crippen LogP contribution is 2.23. The molecule has 1 fully saturated rings. The fraction of sp³-hybridized carbons (Fsp3) is 0.636. The zero-order valence-corrected chi connectivity index (χ0v) is 10.1. The molecule has 0 bridgehead atoms. The molecule has 2 atom stereocenters. The third-order valence-corrected chi connectivity index (χ3v) is 2.73. The minimum absolute atomic E-state index is 0.134. The Bertz CT molecular complexity index is 364. The predicted octanol–water partition coefficient (Wildman–Crippen LogP) is 1.10. The first kappa shape index (κ1) is 12.1. The lowest BCUT2D eigenvalue weighted by atomic mass is 10.0. The SMILES string of the molecule is CC1CC(Oc2cc(NN)ncn2)CC(C)O1. The molecule has 1 aliphatic rings. The maximum Gasteiger partial charge on any atom is 0.218 e. The normalized spacial score (nSPS) is 28.8. The van der Waals surface area contributed by atoms with Gasteiger partial charge in [0.05, 0.1) is 12.2 Å². The van der Waals surface area contributed by atoms with Crippen molar-refractivity contribution in [2.24, 2.45) is 5.84 Å². The number of nitrogens with two attached hydrogens (primary N) is 1. The average Bonchev–Trinajstić information content (AvgIpc) is 2.28. The van der Waals surface area contributed by atoms with Crippen LogP contribution in [0.3, 0.4) is 0 Å². The first-order valence-electron chi connectivity index (χ1n) is 5.78. The molecule has 1 aromatic rings. The monoisotopic (exact) mass is 238 g/mol. The van der Waals surface area contributed by atoms with Crippen LogP contribution in [-0.2, 0) is 4.74 Å². The van der Waals surface area contributed by atoms with Crippen molar-refractivity contribution in [3.05, 3.63) is 12.4 Å². The minimum atomic E-state index is 0.134. The molecule has 3 N–H and O–H groups in total. The number of nitrogens with one attached hydrogen (secondary N) is 1. The number of hydrogen-bond acceptors (Lipinski definition) is 6. The maximum absolute atomic E-state index is 5.81. The standard InChI is InChI=1S/C11H18N4O2/c1-7-3-9(4-8(2)16-7)17-11-5-10(15-12)13-6-14-11/h5-9H,3-4,12H2,1-2H3,(H,13,14,15). The molecule has 94 valence electrons. The van der Waals surface area contributed by atoms with Crippen LogP contribution in [0.5, 0.6) is 5.88 Å². The molecule has 6 nitrogen and oxygen atoms in total. The van der Waals surface area contributed by atoms with Crippen molar-refractivity contribution in [1.82, 2.24) is 9.97 Å². The number of aromatic nitrogens is 2. The number of ether oxygens (including phenoxy) is 2. The van der Waals surface area contributed by atoms with Gasteiger partial charge in [-0.3, -0.25) is 0 Å². The van der Waals surface area contributed by atoms with Gasteiger partial charge in [-0.25, -0.2) is 15.8 Å². The van der Waals surface area contributed by atoms with E-state index in [0.717, 1.165) is 12.8 Å². The Hall–Kier alpha value is -1.40. The van der Waals surface area contributed by atoms with E-state index in [1.807, 2.05) is 0 Å². The Balaban J connectivity index is 1.99. The number of rotatable bonds is 3. The van der Waals surface area contributed by atoms with Gasteiger partial charge >= 0.3 is 0 Å². The molecule has 0 amide bonds. The molecule has 0 radical (unpaired) electrons. The molecule has 2 heterocycles. The van der Waals surface area contributed by atoms with Crippen LogP contribution < -0.4 is 16.0 Å². The summed E-state index contributed by atoms with van der Waals surface area (Å²) in [6, 6.07) is 1.69. The van der Waals surface area contributed by atoms with Gasteiger partial charge in [-0.15, -0.1) is 0 Å². The first-order chi connectivity index (χ1) is 8.17. The van der Waals surface area contributed by atoms with Crippen molar-refractivity contribution in [2.75, 3.05) is 5.43 Å². The maximum atomic E-state index is 5.81. The van der Waals surface area contributed by atoms with Crippen LogP contribution >= 0.6 is 0 Å². The molecule has 0 aliphatic carbocycles. The molecule has 2 rings (SSSR count). The lowest BCUT2D eigenvalue weighted by Crippen LogP contribution is -2.35. The highest BCUT2D eigenvalue weighted by Gasteiger charge is 2.26. The van der Waals surface area contributed by atoms with Crippen molar-refractivity contribution >= 4 is 5.82 Å². The Morgan fingerprint density at radius 2 is 2.06 bits per heavy atom. The lowest BCUT2D eigenvalue weighted by Gasteiger charge is -2.31. The second kappa shape index (κ2) is 5.29. The molecule has 6 heteroatoms. The second-order valence-corrected chi connectivity index (χ2v) is 4.35. The molecular formula is C11H18N4O2. The summed E-state index contributed by atoms with van der Waals surface area (Å²) in [4.78, 5) is 7.99. The van der Waals surface area contributed by atoms with Crippen molar-refractivity contribution in [3.8, 4) is 5.88 Å².